The van der Waals surface area contributed by atoms with Crippen LogP contribution in [0.25, 0.3) is 0 Å². The second-order valence-electron chi connectivity index (χ2n) is 6.46. The Hall–Kier alpha value is -0.140. The van der Waals surface area contributed by atoms with E-state index in [0.717, 1.165) is 32.1 Å². The molecule has 118 valence electrons. The summed E-state index contributed by atoms with van der Waals surface area (Å²) in [7, 11) is -6.43. The van der Waals surface area contributed by atoms with Crippen molar-refractivity contribution < 1.29 is 16.8 Å². The van der Waals surface area contributed by atoms with Crippen molar-refractivity contribution in [3.05, 3.63) is 0 Å². The summed E-state index contributed by atoms with van der Waals surface area (Å²) < 4.78 is 50.2. The molecule has 1 saturated heterocycles. The first kappa shape index (κ1) is 16.2. The van der Waals surface area contributed by atoms with Gasteiger partial charge in [0.05, 0.1) is 16.3 Å². The zero-order chi connectivity index (χ0) is 15.0. The molecule has 0 unspecified atom stereocenters. The van der Waals surface area contributed by atoms with Crippen LogP contribution in [-0.2, 0) is 19.9 Å². The molecule has 0 aromatic rings. The third-order valence-corrected chi connectivity index (χ3v) is 9.03. The quantitative estimate of drug-likeness (QED) is 0.767. The molecular weight excluding hydrogens is 298 g/mol. The molecule has 0 spiro atoms. The summed E-state index contributed by atoms with van der Waals surface area (Å²) in [6, 6.07) is 0. The molecule has 2 fully saturated rings. The van der Waals surface area contributed by atoms with Crippen molar-refractivity contribution in [2.75, 3.05) is 18.8 Å². The van der Waals surface area contributed by atoms with Gasteiger partial charge in [0.1, 0.15) is 0 Å². The Morgan fingerprint density at radius 2 is 1.50 bits per heavy atom. The summed E-state index contributed by atoms with van der Waals surface area (Å²) in [6.07, 6.45) is 4.57. The molecular formula is C13H25NO4S2. The van der Waals surface area contributed by atoms with Gasteiger partial charge in [0, 0.05) is 13.1 Å². The van der Waals surface area contributed by atoms with Crippen molar-refractivity contribution >= 4 is 19.9 Å². The smallest absolute Gasteiger partial charge is 0.214 e. The van der Waals surface area contributed by atoms with E-state index in [1.807, 2.05) is 13.8 Å². The maximum Gasteiger partial charge on any atom is 0.214 e. The van der Waals surface area contributed by atoms with Gasteiger partial charge >= 0.3 is 0 Å². The highest BCUT2D eigenvalue weighted by atomic mass is 32.2. The van der Waals surface area contributed by atoms with Crippen molar-refractivity contribution in [3.8, 4) is 0 Å². The van der Waals surface area contributed by atoms with Gasteiger partial charge in [-0.2, -0.15) is 4.31 Å². The van der Waals surface area contributed by atoms with Crippen LogP contribution in [0, 0.1) is 5.92 Å². The van der Waals surface area contributed by atoms with Gasteiger partial charge in [0.15, 0.2) is 9.84 Å². The average molecular weight is 323 g/mol. The maximum absolute atomic E-state index is 12.4. The molecule has 1 aliphatic heterocycles. The molecule has 0 aromatic carbocycles. The Balaban J connectivity index is 1.95. The summed E-state index contributed by atoms with van der Waals surface area (Å²) in [6.45, 7) is 4.03. The van der Waals surface area contributed by atoms with Gasteiger partial charge in [-0.05, 0) is 18.8 Å². The number of nitrogens with zero attached hydrogens (tertiary/aromatic N) is 1. The van der Waals surface area contributed by atoms with Crippen LogP contribution >= 0.6 is 0 Å². The van der Waals surface area contributed by atoms with Gasteiger partial charge in [-0.15, -0.1) is 0 Å². The second kappa shape index (κ2) is 5.93. The van der Waals surface area contributed by atoms with Crippen LogP contribution in [0.3, 0.4) is 0 Å². The van der Waals surface area contributed by atoms with Crippen LogP contribution < -0.4 is 0 Å². The van der Waals surface area contributed by atoms with E-state index in [1.54, 1.807) is 0 Å². The van der Waals surface area contributed by atoms with E-state index in [1.165, 1.54) is 4.31 Å². The van der Waals surface area contributed by atoms with Gasteiger partial charge in [-0.3, -0.25) is 0 Å². The maximum atomic E-state index is 12.4. The van der Waals surface area contributed by atoms with E-state index >= 15 is 0 Å². The summed E-state index contributed by atoms with van der Waals surface area (Å²) in [5.74, 6) is 0.164. The second-order valence-corrected chi connectivity index (χ2v) is 11.0. The molecule has 7 heteroatoms. The van der Waals surface area contributed by atoms with Gasteiger partial charge in [-0.1, -0.05) is 33.1 Å². The molecule has 2 rings (SSSR count). The highest BCUT2D eigenvalue weighted by Gasteiger charge is 2.45. The zero-order valence-electron chi connectivity index (χ0n) is 12.3. The van der Waals surface area contributed by atoms with Crippen molar-refractivity contribution in [2.45, 2.75) is 56.5 Å². The summed E-state index contributed by atoms with van der Waals surface area (Å²) >= 11 is 0. The van der Waals surface area contributed by atoms with Crippen molar-refractivity contribution in [1.82, 2.24) is 4.31 Å². The summed E-state index contributed by atoms with van der Waals surface area (Å²) in [5.41, 5.74) is 0. The standard InChI is InChI=1S/C13H25NO4S2/c1-11(2)10-19(15,16)14-8-13(9-14)20(17,18)12-6-4-3-5-7-12/h11-13H,3-10H2,1-2H3. The van der Waals surface area contributed by atoms with Gasteiger partial charge in [0.2, 0.25) is 10.0 Å². The highest BCUT2D eigenvalue weighted by Crippen LogP contribution is 2.31. The first-order chi connectivity index (χ1) is 9.23. The molecule has 20 heavy (non-hydrogen) atoms. The Labute approximate surface area is 122 Å². The van der Waals surface area contributed by atoms with E-state index in [4.69, 9.17) is 0 Å². The molecule has 0 N–H and O–H groups in total. The SMILES string of the molecule is CC(C)CS(=O)(=O)N1CC(S(=O)(=O)C2CCCCC2)C1. The number of sulfonamides is 1. The minimum atomic E-state index is -3.28. The molecule has 0 bridgehead atoms. The lowest BCUT2D eigenvalue weighted by Gasteiger charge is -2.40. The van der Waals surface area contributed by atoms with Crippen LogP contribution in [-0.4, -0.2) is 50.5 Å². The Morgan fingerprint density at radius 3 is 2.00 bits per heavy atom. The largest absolute Gasteiger partial charge is 0.228 e. The normalized spacial score (nSPS) is 23.9. The van der Waals surface area contributed by atoms with E-state index in [-0.39, 0.29) is 30.0 Å². The molecule has 5 nitrogen and oxygen atoms in total. The van der Waals surface area contributed by atoms with Crippen LogP contribution in [0.2, 0.25) is 0 Å². The Bertz CT molecular complexity index is 527. The minimum Gasteiger partial charge on any atom is -0.228 e. The fraction of sp³-hybridized carbons (Fsp3) is 1.00. The number of sulfone groups is 1. The van der Waals surface area contributed by atoms with E-state index < -0.39 is 25.1 Å². The van der Waals surface area contributed by atoms with Crippen molar-refractivity contribution in [3.63, 3.8) is 0 Å². The molecule has 0 aromatic heterocycles. The average Bonchev–Trinajstić information content (AvgIpc) is 2.25. The Morgan fingerprint density at radius 1 is 0.950 bits per heavy atom. The Kier molecular flexibility index (Phi) is 4.81. The predicted molar refractivity (Wildman–Crippen MR) is 79.8 cm³/mol. The molecule has 0 atom stereocenters. The highest BCUT2D eigenvalue weighted by molar-refractivity contribution is 7.93. The molecule has 1 aliphatic carbocycles. The first-order valence-electron chi connectivity index (χ1n) is 7.44. The fourth-order valence-corrected chi connectivity index (χ4v) is 7.39. The lowest BCUT2D eigenvalue weighted by molar-refractivity contribution is 0.304. The van der Waals surface area contributed by atoms with Crippen LogP contribution in [0.5, 0.6) is 0 Å². The zero-order valence-corrected chi connectivity index (χ0v) is 13.9. The monoisotopic (exact) mass is 323 g/mol. The molecule has 1 saturated carbocycles. The number of hydrogen-bond donors (Lipinski definition) is 0. The van der Waals surface area contributed by atoms with Crippen LogP contribution in [0.15, 0.2) is 0 Å². The van der Waals surface area contributed by atoms with Gasteiger partial charge in [-0.25, -0.2) is 16.8 Å². The lowest BCUT2D eigenvalue weighted by Crippen LogP contribution is -2.59. The molecule has 0 amide bonds. The number of hydrogen-bond acceptors (Lipinski definition) is 4. The molecule has 2 aliphatic rings. The summed E-state index contributed by atoms with van der Waals surface area (Å²) in [4.78, 5) is 0. The first-order valence-corrected chi connectivity index (χ1v) is 10.7. The van der Waals surface area contributed by atoms with Crippen LogP contribution in [0.1, 0.15) is 46.0 Å². The topological polar surface area (TPSA) is 71.5 Å². The number of rotatable bonds is 5. The molecule has 1 heterocycles. The third kappa shape index (κ3) is 3.36. The van der Waals surface area contributed by atoms with E-state index in [2.05, 4.69) is 0 Å². The van der Waals surface area contributed by atoms with E-state index in [0.29, 0.717) is 0 Å². The predicted octanol–water partition coefficient (Wildman–Crippen LogP) is 1.40. The fourth-order valence-electron chi connectivity index (χ4n) is 3.03. The third-order valence-electron chi connectivity index (χ3n) is 4.23. The van der Waals surface area contributed by atoms with Crippen LogP contribution in [0.4, 0.5) is 0 Å². The van der Waals surface area contributed by atoms with Crippen molar-refractivity contribution in [1.29, 1.82) is 0 Å². The molecule has 0 radical (unpaired) electrons. The van der Waals surface area contributed by atoms with Crippen molar-refractivity contribution in [2.24, 2.45) is 5.92 Å². The minimum absolute atomic E-state index is 0.0639. The summed E-state index contributed by atoms with van der Waals surface area (Å²) in [5, 5.41) is -0.719. The van der Waals surface area contributed by atoms with Gasteiger partial charge < -0.3 is 0 Å². The van der Waals surface area contributed by atoms with E-state index in [9.17, 15) is 16.8 Å². The van der Waals surface area contributed by atoms with Gasteiger partial charge in [0.25, 0.3) is 0 Å². The lowest BCUT2D eigenvalue weighted by atomic mass is 10.0.